The summed E-state index contributed by atoms with van der Waals surface area (Å²) in [6.07, 6.45) is 0. The zero-order chi connectivity index (χ0) is 19.7. The van der Waals surface area contributed by atoms with E-state index in [1.807, 2.05) is 23.1 Å². The first-order valence-corrected chi connectivity index (χ1v) is 10.5. The Morgan fingerprint density at radius 2 is 1.61 bits per heavy atom. The van der Waals surface area contributed by atoms with E-state index in [-0.39, 0.29) is 11.9 Å². The summed E-state index contributed by atoms with van der Waals surface area (Å²) in [6, 6.07) is 16.6. The number of amides is 1. The van der Waals surface area contributed by atoms with Crippen LogP contribution in [-0.2, 0) is 11.3 Å². The van der Waals surface area contributed by atoms with Gasteiger partial charge in [-0.05, 0) is 36.2 Å². The van der Waals surface area contributed by atoms with Crippen LogP contribution in [0.4, 0.5) is 5.69 Å². The molecule has 0 bridgehead atoms. The van der Waals surface area contributed by atoms with Crippen LogP contribution in [0.25, 0.3) is 0 Å². The van der Waals surface area contributed by atoms with Crippen molar-refractivity contribution < 1.29 is 4.79 Å². The molecule has 5 heteroatoms. The number of halogens is 1. The van der Waals surface area contributed by atoms with E-state index in [0.29, 0.717) is 12.5 Å². The second kappa shape index (κ2) is 8.24. The maximum absolute atomic E-state index is 13.1. The van der Waals surface area contributed by atoms with Crippen molar-refractivity contribution in [3.63, 3.8) is 0 Å². The van der Waals surface area contributed by atoms with E-state index in [2.05, 4.69) is 54.0 Å². The second-order valence-electron chi connectivity index (χ2n) is 8.03. The molecule has 2 aromatic rings. The van der Waals surface area contributed by atoms with E-state index in [1.54, 1.807) is 0 Å². The molecule has 2 aromatic carbocycles. The number of anilines is 1. The van der Waals surface area contributed by atoms with E-state index in [1.165, 1.54) is 11.1 Å². The molecule has 0 unspecified atom stereocenters. The lowest BCUT2D eigenvalue weighted by Crippen LogP contribution is -2.50. The zero-order valence-corrected chi connectivity index (χ0v) is 17.4. The molecule has 0 aliphatic carbocycles. The summed E-state index contributed by atoms with van der Waals surface area (Å²) < 4.78 is 0. The van der Waals surface area contributed by atoms with Crippen molar-refractivity contribution in [1.29, 1.82) is 0 Å². The van der Waals surface area contributed by atoms with Crippen LogP contribution in [0.3, 0.4) is 0 Å². The minimum Gasteiger partial charge on any atom is -0.308 e. The van der Waals surface area contributed by atoms with Gasteiger partial charge < -0.3 is 4.90 Å². The van der Waals surface area contributed by atoms with Crippen molar-refractivity contribution >= 4 is 23.2 Å². The Morgan fingerprint density at radius 3 is 2.32 bits per heavy atom. The number of para-hydroxylation sites is 1. The number of fused-ring (bicyclic) bond motifs is 1. The van der Waals surface area contributed by atoms with Crippen molar-refractivity contribution in [3.8, 4) is 0 Å². The molecule has 2 atom stereocenters. The highest BCUT2D eigenvalue weighted by molar-refractivity contribution is 6.30. The maximum Gasteiger partial charge on any atom is 0.241 e. The van der Waals surface area contributed by atoms with Crippen LogP contribution in [0.5, 0.6) is 0 Å². The van der Waals surface area contributed by atoms with Gasteiger partial charge in [0.05, 0.1) is 6.54 Å². The Labute approximate surface area is 172 Å². The van der Waals surface area contributed by atoms with Gasteiger partial charge in [0.25, 0.3) is 0 Å². The number of hydrogen-bond acceptors (Lipinski definition) is 3. The Bertz CT molecular complexity index is 830. The summed E-state index contributed by atoms with van der Waals surface area (Å²) >= 11 is 5.97. The fourth-order valence-corrected chi connectivity index (χ4v) is 4.50. The fraction of sp³-hybridized carbons (Fsp3) is 0.435. The third-order valence-electron chi connectivity index (χ3n) is 6.23. The van der Waals surface area contributed by atoms with Crippen molar-refractivity contribution in [2.24, 2.45) is 0 Å². The van der Waals surface area contributed by atoms with E-state index in [4.69, 9.17) is 11.6 Å². The normalized spacial score (nSPS) is 23.0. The molecule has 28 heavy (non-hydrogen) atoms. The van der Waals surface area contributed by atoms with Crippen LogP contribution in [0.2, 0.25) is 5.02 Å². The molecule has 1 saturated heterocycles. The quantitative estimate of drug-likeness (QED) is 0.780. The Kier molecular flexibility index (Phi) is 5.72. The van der Waals surface area contributed by atoms with Gasteiger partial charge >= 0.3 is 0 Å². The van der Waals surface area contributed by atoms with E-state index in [9.17, 15) is 4.79 Å². The Balaban J connectivity index is 1.32. The maximum atomic E-state index is 13.1. The lowest BCUT2D eigenvalue weighted by Gasteiger charge is -2.35. The van der Waals surface area contributed by atoms with Crippen molar-refractivity contribution in [2.75, 3.05) is 37.6 Å². The molecule has 0 radical (unpaired) electrons. The van der Waals surface area contributed by atoms with Gasteiger partial charge in [0.15, 0.2) is 0 Å². The van der Waals surface area contributed by atoms with E-state index >= 15 is 0 Å². The minimum atomic E-state index is 0.218. The average Bonchev–Trinajstić information content (AvgIpc) is 2.96. The smallest absolute Gasteiger partial charge is 0.241 e. The Morgan fingerprint density at radius 1 is 0.964 bits per heavy atom. The summed E-state index contributed by atoms with van der Waals surface area (Å²) in [5, 5.41) is 0.777. The van der Waals surface area contributed by atoms with Gasteiger partial charge in [-0.25, -0.2) is 0 Å². The monoisotopic (exact) mass is 397 g/mol. The van der Waals surface area contributed by atoms with E-state index < -0.39 is 0 Å². The minimum absolute atomic E-state index is 0.218. The largest absolute Gasteiger partial charge is 0.308 e. The molecular weight excluding hydrogens is 370 g/mol. The van der Waals surface area contributed by atoms with Crippen LogP contribution in [0, 0.1) is 0 Å². The molecule has 0 aromatic heterocycles. The number of benzene rings is 2. The first-order valence-electron chi connectivity index (χ1n) is 10.1. The van der Waals surface area contributed by atoms with Gasteiger partial charge in [-0.2, -0.15) is 0 Å². The van der Waals surface area contributed by atoms with Gasteiger partial charge in [-0.3, -0.25) is 14.6 Å². The van der Waals surface area contributed by atoms with Gasteiger partial charge in [0.2, 0.25) is 5.91 Å². The third-order valence-corrected chi connectivity index (χ3v) is 6.48. The summed E-state index contributed by atoms with van der Waals surface area (Å²) in [6.45, 7) is 9.64. The van der Waals surface area contributed by atoms with Gasteiger partial charge in [-0.15, -0.1) is 0 Å². The summed E-state index contributed by atoms with van der Waals surface area (Å²) in [5.74, 6) is 0.604. The van der Waals surface area contributed by atoms with Gasteiger partial charge in [0.1, 0.15) is 0 Å². The second-order valence-corrected chi connectivity index (χ2v) is 8.47. The van der Waals surface area contributed by atoms with Crippen molar-refractivity contribution in [3.05, 3.63) is 64.7 Å². The molecule has 2 aliphatic rings. The molecule has 1 amide bonds. The molecule has 4 rings (SSSR count). The number of carbonyl (C=O) groups excluding carboxylic acids is 1. The van der Waals surface area contributed by atoms with Crippen LogP contribution in [-0.4, -0.2) is 54.5 Å². The predicted octanol–water partition coefficient (Wildman–Crippen LogP) is 4.00. The van der Waals surface area contributed by atoms with Crippen LogP contribution in [0.15, 0.2) is 48.5 Å². The SMILES string of the molecule is C[C@@H]1c2ccccc2N(C(=O)CN2CCN(Cc3ccc(Cl)cc3)CC2)[C@@H]1C. The predicted molar refractivity (Wildman–Crippen MR) is 115 cm³/mol. The van der Waals surface area contributed by atoms with Gasteiger partial charge in [0, 0.05) is 55.4 Å². The Hall–Kier alpha value is -1.88. The molecule has 148 valence electrons. The number of rotatable bonds is 4. The molecular formula is C23H28ClN3O. The topological polar surface area (TPSA) is 26.8 Å². The van der Waals surface area contributed by atoms with Crippen LogP contribution >= 0.6 is 11.6 Å². The van der Waals surface area contributed by atoms with Crippen molar-refractivity contribution in [2.45, 2.75) is 32.4 Å². The molecule has 0 N–H and O–H groups in total. The molecule has 1 fully saturated rings. The number of nitrogens with zero attached hydrogens (tertiary/aromatic N) is 3. The average molecular weight is 398 g/mol. The summed E-state index contributed by atoms with van der Waals surface area (Å²) in [4.78, 5) is 19.8. The zero-order valence-electron chi connectivity index (χ0n) is 16.6. The standard InChI is InChI=1S/C23H28ClN3O/c1-17-18(2)27(22-6-4-3-5-21(17)22)23(28)16-26-13-11-25(12-14-26)15-19-7-9-20(24)10-8-19/h3-10,17-18H,11-16H2,1-2H3/t17-,18+/m0/s1. The highest BCUT2D eigenvalue weighted by Gasteiger charge is 2.36. The molecule has 2 aliphatic heterocycles. The lowest BCUT2D eigenvalue weighted by molar-refractivity contribution is -0.120. The number of piperazine rings is 1. The molecule has 0 saturated carbocycles. The highest BCUT2D eigenvalue weighted by Crippen LogP contribution is 2.40. The van der Waals surface area contributed by atoms with Crippen LogP contribution < -0.4 is 4.90 Å². The molecule has 4 nitrogen and oxygen atoms in total. The molecule has 0 spiro atoms. The van der Waals surface area contributed by atoms with Crippen molar-refractivity contribution in [1.82, 2.24) is 9.80 Å². The van der Waals surface area contributed by atoms with Crippen LogP contribution in [0.1, 0.15) is 30.9 Å². The third kappa shape index (κ3) is 3.95. The number of hydrogen-bond donors (Lipinski definition) is 0. The molecule has 2 heterocycles. The van der Waals surface area contributed by atoms with Gasteiger partial charge in [-0.1, -0.05) is 48.9 Å². The highest BCUT2D eigenvalue weighted by atomic mass is 35.5. The fourth-order valence-electron chi connectivity index (χ4n) is 4.38. The first-order chi connectivity index (χ1) is 13.5. The summed E-state index contributed by atoms with van der Waals surface area (Å²) in [5.41, 5.74) is 3.66. The lowest BCUT2D eigenvalue weighted by atomic mass is 9.98. The first kappa shape index (κ1) is 19.4. The summed E-state index contributed by atoms with van der Waals surface area (Å²) in [7, 11) is 0. The van der Waals surface area contributed by atoms with E-state index in [0.717, 1.165) is 43.4 Å². The number of carbonyl (C=O) groups is 1.